The summed E-state index contributed by atoms with van der Waals surface area (Å²) in [6.07, 6.45) is -4.59. The largest absolute Gasteiger partial charge is 0.402 e. The minimum Gasteiger partial charge on any atom is -0.308 e. The molecule has 0 spiro atoms. The molecular weight excluding hydrogens is 307 g/mol. The number of para-hydroxylation sites is 1. The summed E-state index contributed by atoms with van der Waals surface area (Å²) in [6.45, 7) is 0.709. The predicted octanol–water partition coefficient (Wildman–Crippen LogP) is 1.38. The first-order valence-electron chi connectivity index (χ1n) is 6.34. The molecule has 0 fully saturated rings. The topological polar surface area (TPSA) is 61.4 Å². The Morgan fingerprint density at radius 1 is 1.38 bits per heavy atom. The van der Waals surface area contributed by atoms with E-state index < -0.39 is 22.9 Å². The van der Waals surface area contributed by atoms with Gasteiger partial charge in [0.25, 0.3) is 0 Å². The first-order valence-corrected chi connectivity index (χ1v) is 7.78. The summed E-state index contributed by atoms with van der Waals surface area (Å²) < 4.78 is 63.7. The molecule has 2 N–H and O–H groups in total. The number of hydrogen-bond donors (Lipinski definition) is 2. The number of rotatable bonds is 3. The van der Waals surface area contributed by atoms with Crippen LogP contribution in [0, 0.1) is 0 Å². The fourth-order valence-electron chi connectivity index (χ4n) is 2.08. The molecule has 1 atom stereocenters. The van der Waals surface area contributed by atoms with Gasteiger partial charge >= 0.3 is 16.4 Å². The first-order chi connectivity index (χ1) is 9.69. The van der Waals surface area contributed by atoms with E-state index in [1.807, 2.05) is 0 Å². The van der Waals surface area contributed by atoms with Gasteiger partial charge in [-0.25, -0.2) is 0 Å². The fraction of sp³-hybridized carbons (Fsp3) is 0.500. The van der Waals surface area contributed by atoms with Crippen LogP contribution in [0.4, 0.5) is 18.9 Å². The summed E-state index contributed by atoms with van der Waals surface area (Å²) in [7, 11) is -4.26. The second kappa shape index (κ2) is 5.82. The van der Waals surface area contributed by atoms with Crippen molar-refractivity contribution in [1.82, 2.24) is 10.0 Å². The van der Waals surface area contributed by atoms with Crippen LogP contribution < -0.4 is 14.3 Å². The van der Waals surface area contributed by atoms with Gasteiger partial charge in [0.15, 0.2) is 0 Å². The van der Waals surface area contributed by atoms with Crippen LogP contribution in [0.15, 0.2) is 24.3 Å². The van der Waals surface area contributed by atoms with Crippen LogP contribution in [0.2, 0.25) is 0 Å². The number of benzene rings is 1. The molecule has 9 heteroatoms. The third-order valence-corrected chi connectivity index (χ3v) is 4.52. The van der Waals surface area contributed by atoms with E-state index in [1.165, 1.54) is 0 Å². The Bertz CT molecular complexity index is 604. The molecule has 1 aliphatic rings. The Morgan fingerprint density at radius 2 is 2.05 bits per heavy atom. The monoisotopic (exact) mass is 323 g/mol. The highest BCUT2D eigenvalue weighted by molar-refractivity contribution is 7.90. The molecule has 2 rings (SSSR count). The lowest BCUT2D eigenvalue weighted by atomic mass is 10.2. The van der Waals surface area contributed by atoms with Gasteiger partial charge in [-0.1, -0.05) is 18.2 Å². The van der Waals surface area contributed by atoms with Crippen molar-refractivity contribution in [1.29, 1.82) is 0 Å². The molecule has 1 heterocycles. The second-order valence-corrected chi connectivity index (χ2v) is 6.56. The van der Waals surface area contributed by atoms with Crippen molar-refractivity contribution >= 4 is 15.9 Å². The molecule has 0 saturated carbocycles. The van der Waals surface area contributed by atoms with E-state index in [9.17, 15) is 21.6 Å². The summed E-state index contributed by atoms with van der Waals surface area (Å²) >= 11 is 0. The SMILES string of the molecule is CC1CN(S(=O)(=O)NCC(F)(F)F)c2ccccc2CN1. The number of anilines is 1. The molecule has 0 aromatic heterocycles. The van der Waals surface area contributed by atoms with Gasteiger partial charge in [-0.15, -0.1) is 0 Å². The molecule has 1 unspecified atom stereocenters. The Balaban J connectivity index is 2.32. The minimum absolute atomic E-state index is 0.0597. The zero-order valence-corrected chi connectivity index (χ0v) is 12.1. The first kappa shape index (κ1) is 16.1. The number of hydrogen-bond acceptors (Lipinski definition) is 3. The third kappa shape index (κ3) is 4.08. The Hall–Kier alpha value is -1.32. The van der Waals surface area contributed by atoms with E-state index >= 15 is 0 Å². The average Bonchev–Trinajstić information content (AvgIpc) is 2.56. The maximum absolute atomic E-state index is 12.2. The van der Waals surface area contributed by atoms with Crippen molar-refractivity contribution in [3.63, 3.8) is 0 Å². The van der Waals surface area contributed by atoms with Gasteiger partial charge in [0.2, 0.25) is 0 Å². The van der Waals surface area contributed by atoms with Crippen molar-refractivity contribution in [2.45, 2.75) is 25.7 Å². The molecule has 0 aliphatic carbocycles. The third-order valence-electron chi connectivity index (χ3n) is 3.09. The van der Waals surface area contributed by atoms with Crippen molar-refractivity contribution in [2.24, 2.45) is 0 Å². The standard InChI is InChI=1S/C12H16F3N3O2S/c1-9-7-18(21(19,20)17-8-12(13,14)15)11-5-3-2-4-10(11)6-16-9/h2-5,9,16-17H,6-8H2,1H3. The molecule has 1 aliphatic heterocycles. The Morgan fingerprint density at radius 3 is 2.71 bits per heavy atom. The van der Waals surface area contributed by atoms with Gasteiger partial charge in [0.1, 0.15) is 6.54 Å². The summed E-state index contributed by atoms with van der Waals surface area (Å²) in [5.74, 6) is 0. The average molecular weight is 323 g/mol. The highest BCUT2D eigenvalue weighted by Gasteiger charge is 2.33. The van der Waals surface area contributed by atoms with Gasteiger partial charge in [0, 0.05) is 12.6 Å². The van der Waals surface area contributed by atoms with Gasteiger partial charge < -0.3 is 5.32 Å². The number of nitrogens with zero attached hydrogens (tertiary/aromatic N) is 1. The second-order valence-electron chi connectivity index (χ2n) is 4.88. The van der Waals surface area contributed by atoms with Crippen LogP contribution in [-0.2, 0) is 16.8 Å². The van der Waals surface area contributed by atoms with Crippen molar-refractivity contribution in [3.8, 4) is 0 Å². The molecule has 0 bridgehead atoms. The zero-order chi connectivity index (χ0) is 15.7. The lowest BCUT2D eigenvalue weighted by Gasteiger charge is -2.26. The summed E-state index contributed by atoms with van der Waals surface area (Å²) in [6, 6.07) is 6.56. The Kier molecular flexibility index (Phi) is 4.45. The highest BCUT2D eigenvalue weighted by atomic mass is 32.2. The van der Waals surface area contributed by atoms with E-state index in [1.54, 1.807) is 35.9 Å². The van der Waals surface area contributed by atoms with E-state index in [0.29, 0.717) is 12.2 Å². The van der Waals surface area contributed by atoms with Crippen molar-refractivity contribution in [2.75, 3.05) is 17.4 Å². The van der Waals surface area contributed by atoms with Crippen molar-refractivity contribution < 1.29 is 21.6 Å². The number of alkyl halides is 3. The molecule has 118 valence electrons. The van der Waals surface area contributed by atoms with Gasteiger partial charge in [-0.05, 0) is 18.6 Å². The highest BCUT2D eigenvalue weighted by Crippen LogP contribution is 2.25. The van der Waals surface area contributed by atoms with Crippen LogP contribution in [0.3, 0.4) is 0 Å². The van der Waals surface area contributed by atoms with Crippen LogP contribution >= 0.6 is 0 Å². The zero-order valence-electron chi connectivity index (χ0n) is 11.3. The number of fused-ring (bicyclic) bond motifs is 1. The normalized spacial score (nSPS) is 20.0. The molecule has 0 amide bonds. The lowest BCUT2D eigenvalue weighted by Crippen LogP contribution is -2.47. The molecule has 5 nitrogen and oxygen atoms in total. The van der Waals surface area contributed by atoms with E-state index in [0.717, 1.165) is 9.87 Å². The molecule has 0 saturated heterocycles. The summed E-state index contributed by atoms with van der Waals surface area (Å²) in [5, 5.41) is 3.12. The van der Waals surface area contributed by atoms with Crippen LogP contribution in [0.25, 0.3) is 0 Å². The van der Waals surface area contributed by atoms with E-state index in [-0.39, 0.29) is 12.6 Å². The molecule has 1 aromatic rings. The maximum Gasteiger partial charge on any atom is 0.402 e. The lowest BCUT2D eigenvalue weighted by molar-refractivity contribution is -0.121. The maximum atomic E-state index is 12.2. The number of halogens is 3. The van der Waals surface area contributed by atoms with Crippen LogP contribution in [-0.4, -0.2) is 33.7 Å². The number of nitrogens with one attached hydrogen (secondary N) is 2. The fourth-order valence-corrected chi connectivity index (χ4v) is 3.44. The smallest absolute Gasteiger partial charge is 0.308 e. The van der Waals surface area contributed by atoms with Gasteiger partial charge in [-0.3, -0.25) is 4.31 Å². The predicted molar refractivity (Wildman–Crippen MR) is 73.1 cm³/mol. The van der Waals surface area contributed by atoms with Crippen LogP contribution in [0.5, 0.6) is 0 Å². The van der Waals surface area contributed by atoms with Gasteiger partial charge in [-0.2, -0.15) is 26.3 Å². The minimum atomic E-state index is -4.59. The molecule has 0 radical (unpaired) electrons. The van der Waals surface area contributed by atoms with Crippen LogP contribution in [0.1, 0.15) is 12.5 Å². The van der Waals surface area contributed by atoms with Crippen molar-refractivity contribution in [3.05, 3.63) is 29.8 Å². The Labute approximate surface area is 121 Å². The van der Waals surface area contributed by atoms with E-state index in [2.05, 4.69) is 5.32 Å². The quantitative estimate of drug-likeness (QED) is 0.883. The summed E-state index contributed by atoms with van der Waals surface area (Å²) in [5.41, 5.74) is 1.11. The molecule has 21 heavy (non-hydrogen) atoms. The summed E-state index contributed by atoms with van der Waals surface area (Å²) in [4.78, 5) is 0. The van der Waals surface area contributed by atoms with E-state index in [4.69, 9.17) is 0 Å². The molecular formula is C12H16F3N3O2S. The molecule has 1 aromatic carbocycles. The van der Waals surface area contributed by atoms with Gasteiger partial charge in [0.05, 0.1) is 12.2 Å².